The van der Waals surface area contributed by atoms with E-state index in [-0.39, 0.29) is 21.4 Å². The van der Waals surface area contributed by atoms with E-state index in [9.17, 15) is 12.8 Å². The zero-order valence-corrected chi connectivity index (χ0v) is 12.6. The average molecular weight is 301 g/mol. The minimum absolute atomic E-state index is 0.000214. The molecule has 1 aromatic rings. The molecule has 0 amide bonds. The molecule has 6 heteroatoms. The Hall–Kier alpha value is -0.980. The van der Waals surface area contributed by atoms with Crippen LogP contribution >= 0.6 is 0 Å². The van der Waals surface area contributed by atoms with Crippen molar-refractivity contribution in [1.29, 1.82) is 0 Å². The van der Waals surface area contributed by atoms with Gasteiger partial charge >= 0.3 is 0 Å². The van der Waals surface area contributed by atoms with Crippen LogP contribution in [0.3, 0.4) is 0 Å². The van der Waals surface area contributed by atoms with E-state index in [1.165, 1.54) is 19.1 Å². The molecule has 0 unspecified atom stereocenters. The third kappa shape index (κ3) is 3.02. The van der Waals surface area contributed by atoms with Crippen LogP contribution in [0.25, 0.3) is 0 Å². The molecule has 1 aliphatic rings. The van der Waals surface area contributed by atoms with E-state index in [0.29, 0.717) is 6.54 Å². The van der Waals surface area contributed by atoms with Crippen LogP contribution in [0.4, 0.5) is 4.39 Å². The van der Waals surface area contributed by atoms with E-state index in [0.717, 1.165) is 19.3 Å². The van der Waals surface area contributed by atoms with E-state index in [4.69, 9.17) is 5.11 Å². The first-order chi connectivity index (χ1) is 9.27. The van der Waals surface area contributed by atoms with Gasteiger partial charge in [-0.05, 0) is 42.9 Å². The lowest BCUT2D eigenvalue weighted by molar-refractivity contribution is 0.166. The van der Waals surface area contributed by atoms with Gasteiger partial charge in [0, 0.05) is 12.1 Å². The first-order valence-corrected chi connectivity index (χ1v) is 8.15. The van der Waals surface area contributed by atoms with Crippen molar-refractivity contribution in [3.05, 3.63) is 29.1 Å². The molecule has 0 saturated heterocycles. The average Bonchev–Trinajstić information content (AvgIpc) is 2.37. The summed E-state index contributed by atoms with van der Waals surface area (Å²) in [4.78, 5) is 0.00312. The summed E-state index contributed by atoms with van der Waals surface area (Å²) in [5.74, 6) is -0.558. The zero-order chi connectivity index (χ0) is 15.0. The summed E-state index contributed by atoms with van der Waals surface area (Å²) < 4.78 is 40.7. The molecule has 0 spiro atoms. The number of aryl methyl sites for hydroxylation is 1. The maximum atomic E-state index is 13.6. The standard InChI is InChI=1S/C14H20FNO3S/c1-10-6-12(7-11(8-17)13(10)15)20(18,19)16-9-14(2)4-3-5-14/h6-7,16-17H,3-5,8-9H2,1-2H3. The molecular weight excluding hydrogens is 281 g/mol. The van der Waals surface area contributed by atoms with Crippen molar-refractivity contribution in [1.82, 2.24) is 4.72 Å². The maximum Gasteiger partial charge on any atom is 0.240 e. The van der Waals surface area contributed by atoms with Crippen molar-refractivity contribution in [3.63, 3.8) is 0 Å². The largest absolute Gasteiger partial charge is 0.392 e. The molecule has 1 saturated carbocycles. The Balaban J connectivity index is 2.22. The van der Waals surface area contributed by atoms with E-state index in [2.05, 4.69) is 4.72 Å². The molecule has 2 N–H and O–H groups in total. The highest BCUT2D eigenvalue weighted by Crippen LogP contribution is 2.39. The molecule has 2 rings (SSSR count). The predicted molar refractivity (Wildman–Crippen MR) is 74.2 cm³/mol. The number of aliphatic hydroxyl groups excluding tert-OH is 1. The summed E-state index contributed by atoms with van der Waals surface area (Å²) >= 11 is 0. The second kappa shape index (κ2) is 5.42. The first-order valence-electron chi connectivity index (χ1n) is 6.67. The molecule has 0 heterocycles. The minimum Gasteiger partial charge on any atom is -0.392 e. The van der Waals surface area contributed by atoms with Gasteiger partial charge in [0.2, 0.25) is 10.0 Å². The number of halogens is 1. The number of nitrogens with one attached hydrogen (secondary N) is 1. The van der Waals surface area contributed by atoms with Crippen LogP contribution in [0.15, 0.2) is 17.0 Å². The second-order valence-corrected chi connectivity index (χ2v) is 7.63. The highest BCUT2D eigenvalue weighted by atomic mass is 32.2. The van der Waals surface area contributed by atoms with Crippen LogP contribution in [0.2, 0.25) is 0 Å². The minimum atomic E-state index is -3.67. The summed E-state index contributed by atoms with van der Waals surface area (Å²) in [5, 5.41) is 9.08. The summed E-state index contributed by atoms with van der Waals surface area (Å²) in [7, 11) is -3.67. The first kappa shape index (κ1) is 15.4. The Bertz CT molecular complexity index is 609. The van der Waals surface area contributed by atoms with Crippen LogP contribution in [-0.4, -0.2) is 20.1 Å². The summed E-state index contributed by atoms with van der Waals surface area (Å²) in [6.45, 7) is 3.41. The van der Waals surface area contributed by atoms with Gasteiger partial charge in [-0.15, -0.1) is 0 Å². The van der Waals surface area contributed by atoms with Crippen molar-refractivity contribution in [2.24, 2.45) is 5.41 Å². The SMILES string of the molecule is Cc1cc(S(=O)(=O)NCC2(C)CCC2)cc(CO)c1F. The van der Waals surface area contributed by atoms with Crippen LogP contribution in [0.5, 0.6) is 0 Å². The van der Waals surface area contributed by atoms with Gasteiger partial charge in [-0.25, -0.2) is 17.5 Å². The summed E-state index contributed by atoms with van der Waals surface area (Å²) in [6, 6.07) is 2.48. The Labute approximate surface area is 119 Å². The molecule has 4 nitrogen and oxygen atoms in total. The lowest BCUT2D eigenvalue weighted by Crippen LogP contribution is -2.39. The van der Waals surface area contributed by atoms with Crippen LogP contribution in [-0.2, 0) is 16.6 Å². The van der Waals surface area contributed by atoms with Crippen LogP contribution < -0.4 is 4.72 Å². The molecular formula is C14H20FNO3S. The number of aliphatic hydroxyl groups is 1. The highest BCUT2D eigenvalue weighted by molar-refractivity contribution is 7.89. The van der Waals surface area contributed by atoms with E-state index in [1.54, 1.807) is 0 Å². The molecule has 0 aromatic heterocycles. The molecule has 1 aromatic carbocycles. The molecule has 1 aliphatic carbocycles. The zero-order valence-electron chi connectivity index (χ0n) is 11.7. The number of rotatable bonds is 5. The molecule has 1 fully saturated rings. The third-order valence-corrected chi connectivity index (χ3v) is 5.41. The number of hydrogen-bond donors (Lipinski definition) is 2. The molecule has 0 radical (unpaired) electrons. The maximum absolute atomic E-state index is 13.6. The Kier molecular flexibility index (Phi) is 4.18. The smallest absolute Gasteiger partial charge is 0.240 e. The topological polar surface area (TPSA) is 66.4 Å². The molecule has 0 bridgehead atoms. The van der Waals surface area contributed by atoms with Gasteiger partial charge in [0.25, 0.3) is 0 Å². The normalized spacial score (nSPS) is 17.8. The Morgan fingerprint density at radius 1 is 1.40 bits per heavy atom. The number of sulfonamides is 1. The molecule has 0 aliphatic heterocycles. The van der Waals surface area contributed by atoms with Crippen molar-refractivity contribution < 1.29 is 17.9 Å². The Morgan fingerprint density at radius 2 is 2.05 bits per heavy atom. The number of hydrogen-bond acceptors (Lipinski definition) is 3. The monoisotopic (exact) mass is 301 g/mol. The van der Waals surface area contributed by atoms with E-state index >= 15 is 0 Å². The van der Waals surface area contributed by atoms with Gasteiger partial charge in [-0.2, -0.15) is 0 Å². The highest BCUT2D eigenvalue weighted by Gasteiger charge is 2.33. The van der Waals surface area contributed by atoms with Crippen molar-refractivity contribution in [2.75, 3.05) is 6.54 Å². The van der Waals surface area contributed by atoms with Gasteiger partial charge in [0.05, 0.1) is 11.5 Å². The van der Waals surface area contributed by atoms with Crippen molar-refractivity contribution in [3.8, 4) is 0 Å². The fourth-order valence-corrected chi connectivity index (χ4v) is 3.72. The van der Waals surface area contributed by atoms with E-state index in [1.807, 2.05) is 6.92 Å². The third-order valence-electron chi connectivity index (χ3n) is 4.03. The fourth-order valence-electron chi connectivity index (χ4n) is 2.39. The molecule has 20 heavy (non-hydrogen) atoms. The Morgan fingerprint density at radius 3 is 2.55 bits per heavy atom. The van der Waals surface area contributed by atoms with Gasteiger partial charge in [-0.3, -0.25) is 0 Å². The van der Waals surface area contributed by atoms with E-state index < -0.39 is 22.4 Å². The molecule has 0 atom stereocenters. The van der Waals surface area contributed by atoms with Crippen LogP contribution in [0.1, 0.15) is 37.3 Å². The van der Waals surface area contributed by atoms with Gasteiger partial charge < -0.3 is 5.11 Å². The van der Waals surface area contributed by atoms with Crippen molar-refractivity contribution in [2.45, 2.75) is 44.6 Å². The van der Waals surface area contributed by atoms with Gasteiger partial charge in [-0.1, -0.05) is 13.3 Å². The number of benzene rings is 1. The summed E-state index contributed by atoms with van der Waals surface area (Å²) in [6.07, 6.45) is 3.16. The predicted octanol–water partition coefficient (Wildman–Crippen LogP) is 2.09. The quantitative estimate of drug-likeness (QED) is 0.875. The lowest BCUT2D eigenvalue weighted by Gasteiger charge is -2.38. The molecule has 112 valence electrons. The summed E-state index contributed by atoms with van der Waals surface area (Å²) in [5.41, 5.74) is 0.245. The lowest BCUT2D eigenvalue weighted by atomic mass is 9.71. The van der Waals surface area contributed by atoms with Gasteiger partial charge in [0.15, 0.2) is 0 Å². The van der Waals surface area contributed by atoms with Crippen LogP contribution in [0, 0.1) is 18.2 Å². The second-order valence-electron chi connectivity index (χ2n) is 5.86. The van der Waals surface area contributed by atoms with Crippen molar-refractivity contribution >= 4 is 10.0 Å². The van der Waals surface area contributed by atoms with Gasteiger partial charge in [0.1, 0.15) is 5.82 Å². The fraction of sp³-hybridized carbons (Fsp3) is 0.571.